The molecule has 0 unspecified atom stereocenters. The first-order valence-corrected chi connectivity index (χ1v) is 7.48. The molecule has 0 radical (unpaired) electrons. The third kappa shape index (κ3) is 6.81. The van der Waals surface area contributed by atoms with E-state index in [1.807, 2.05) is 20.8 Å². The number of amides is 1. The number of carbonyl (C=O) groups is 1. The molecule has 19 heavy (non-hydrogen) atoms. The van der Waals surface area contributed by atoms with Crippen molar-refractivity contribution in [2.45, 2.75) is 65.5 Å². The summed E-state index contributed by atoms with van der Waals surface area (Å²) in [6, 6.07) is 0.259. The van der Waals surface area contributed by atoms with Crippen molar-refractivity contribution in [2.24, 2.45) is 11.8 Å². The highest BCUT2D eigenvalue weighted by Gasteiger charge is 2.29. The summed E-state index contributed by atoms with van der Waals surface area (Å²) < 4.78 is 5.32. The number of ether oxygens (including phenoxy) is 1. The fourth-order valence-electron chi connectivity index (χ4n) is 2.49. The minimum absolute atomic E-state index is 0.259. The van der Waals surface area contributed by atoms with Gasteiger partial charge in [0.05, 0.1) is 0 Å². The van der Waals surface area contributed by atoms with E-state index in [1.165, 1.54) is 12.8 Å². The Labute approximate surface area is 117 Å². The fourth-order valence-corrected chi connectivity index (χ4v) is 2.49. The Morgan fingerprint density at radius 3 is 2.58 bits per heavy atom. The van der Waals surface area contributed by atoms with Crippen LogP contribution in [0.25, 0.3) is 0 Å². The van der Waals surface area contributed by atoms with Crippen molar-refractivity contribution in [3.8, 4) is 0 Å². The van der Waals surface area contributed by atoms with Gasteiger partial charge in [0.2, 0.25) is 0 Å². The number of nitrogens with one attached hydrogen (secondary N) is 2. The highest BCUT2D eigenvalue weighted by molar-refractivity contribution is 5.68. The van der Waals surface area contributed by atoms with E-state index in [1.54, 1.807) is 0 Å². The zero-order valence-corrected chi connectivity index (χ0v) is 13.1. The van der Waals surface area contributed by atoms with Crippen LogP contribution in [0.4, 0.5) is 4.79 Å². The van der Waals surface area contributed by atoms with Gasteiger partial charge in [-0.1, -0.05) is 20.3 Å². The van der Waals surface area contributed by atoms with E-state index in [0.717, 1.165) is 19.5 Å². The Morgan fingerprint density at radius 2 is 2.00 bits per heavy atom. The molecule has 0 aliphatic heterocycles. The van der Waals surface area contributed by atoms with Gasteiger partial charge >= 0.3 is 6.09 Å². The van der Waals surface area contributed by atoms with Crippen LogP contribution in [0.5, 0.6) is 0 Å². The number of hydrogen-bond acceptors (Lipinski definition) is 3. The highest BCUT2D eigenvalue weighted by Crippen LogP contribution is 2.25. The van der Waals surface area contributed by atoms with Gasteiger partial charge in [-0.25, -0.2) is 4.79 Å². The second-order valence-electron chi connectivity index (χ2n) is 7.00. The van der Waals surface area contributed by atoms with E-state index < -0.39 is 5.60 Å². The van der Waals surface area contributed by atoms with E-state index in [4.69, 9.17) is 4.74 Å². The van der Waals surface area contributed by atoms with Crippen LogP contribution in [-0.4, -0.2) is 30.8 Å². The summed E-state index contributed by atoms with van der Waals surface area (Å²) >= 11 is 0. The summed E-state index contributed by atoms with van der Waals surface area (Å²) in [5.74, 6) is 1.20. The third-order valence-electron chi connectivity index (χ3n) is 3.32. The lowest BCUT2D eigenvalue weighted by Crippen LogP contribution is -2.43. The molecule has 1 saturated carbocycles. The van der Waals surface area contributed by atoms with Crippen LogP contribution in [0.15, 0.2) is 0 Å². The predicted molar refractivity (Wildman–Crippen MR) is 78.2 cm³/mol. The quantitative estimate of drug-likeness (QED) is 0.807. The van der Waals surface area contributed by atoms with Crippen LogP contribution in [0.2, 0.25) is 0 Å². The highest BCUT2D eigenvalue weighted by atomic mass is 16.6. The molecule has 0 aromatic heterocycles. The first-order chi connectivity index (χ1) is 8.78. The maximum atomic E-state index is 11.8. The second-order valence-corrected chi connectivity index (χ2v) is 7.00. The normalized spacial score (nSPS) is 23.7. The molecule has 1 aliphatic carbocycles. The molecule has 0 bridgehead atoms. The maximum absolute atomic E-state index is 11.8. The molecule has 0 aromatic rings. The van der Waals surface area contributed by atoms with Gasteiger partial charge in [0.1, 0.15) is 5.60 Å². The summed E-state index contributed by atoms with van der Waals surface area (Å²) in [5, 5.41) is 6.51. The molecule has 1 rings (SSSR count). The molecule has 0 spiro atoms. The smallest absolute Gasteiger partial charge is 0.407 e. The van der Waals surface area contributed by atoms with E-state index >= 15 is 0 Å². The van der Waals surface area contributed by atoms with Crippen molar-refractivity contribution in [1.29, 1.82) is 0 Å². The zero-order valence-electron chi connectivity index (χ0n) is 13.1. The Hall–Kier alpha value is -0.770. The number of hydrogen-bond donors (Lipinski definition) is 2. The number of rotatable bonds is 5. The Morgan fingerprint density at radius 1 is 1.32 bits per heavy atom. The zero-order chi connectivity index (χ0) is 14.5. The van der Waals surface area contributed by atoms with Crippen molar-refractivity contribution >= 4 is 6.09 Å². The topological polar surface area (TPSA) is 50.4 Å². The third-order valence-corrected chi connectivity index (χ3v) is 3.32. The van der Waals surface area contributed by atoms with Crippen molar-refractivity contribution in [2.75, 3.05) is 13.1 Å². The van der Waals surface area contributed by atoms with Gasteiger partial charge in [0.25, 0.3) is 0 Å². The molecular formula is C15H30N2O2. The van der Waals surface area contributed by atoms with Crippen molar-refractivity contribution in [3.63, 3.8) is 0 Å². The van der Waals surface area contributed by atoms with Crippen LogP contribution in [-0.2, 0) is 4.74 Å². The van der Waals surface area contributed by atoms with Gasteiger partial charge in [0.15, 0.2) is 0 Å². The van der Waals surface area contributed by atoms with Crippen LogP contribution < -0.4 is 10.6 Å². The van der Waals surface area contributed by atoms with E-state index in [0.29, 0.717) is 11.8 Å². The monoisotopic (exact) mass is 270 g/mol. The van der Waals surface area contributed by atoms with Crippen molar-refractivity contribution < 1.29 is 9.53 Å². The maximum Gasteiger partial charge on any atom is 0.407 e. The van der Waals surface area contributed by atoms with E-state index in [-0.39, 0.29) is 12.1 Å². The van der Waals surface area contributed by atoms with E-state index in [2.05, 4.69) is 24.5 Å². The molecule has 0 saturated heterocycles. The van der Waals surface area contributed by atoms with Crippen LogP contribution in [0, 0.1) is 11.8 Å². The number of alkyl carbamates (subject to hydrolysis) is 1. The summed E-state index contributed by atoms with van der Waals surface area (Å²) in [5.41, 5.74) is -0.423. The van der Waals surface area contributed by atoms with Gasteiger partial charge in [-0.2, -0.15) is 0 Å². The van der Waals surface area contributed by atoms with Gasteiger partial charge in [-0.05, 0) is 58.5 Å². The Balaban J connectivity index is 2.33. The van der Waals surface area contributed by atoms with Crippen LogP contribution in [0.1, 0.15) is 53.9 Å². The molecule has 1 amide bonds. The molecule has 112 valence electrons. The Bertz CT molecular complexity index is 284. The minimum Gasteiger partial charge on any atom is -0.444 e. The average Bonchev–Trinajstić information content (AvgIpc) is 2.62. The lowest BCUT2D eigenvalue weighted by molar-refractivity contribution is 0.0493. The summed E-state index contributed by atoms with van der Waals surface area (Å²) in [4.78, 5) is 11.8. The molecule has 0 heterocycles. The molecular weight excluding hydrogens is 240 g/mol. The minimum atomic E-state index is -0.423. The SMILES string of the molecule is CC(C)CNC[C@@H]1CCC[C@@H]1NC(=O)OC(C)(C)C. The molecule has 2 atom stereocenters. The van der Waals surface area contributed by atoms with E-state index in [9.17, 15) is 4.79 Å². The number of carbonyl (C=O) groups excluding carboxylic acids is 1. The molecule has 4 heteroatoms. The largest absolute Gasteiger partial charge is 0.444 e. The molecule has 1 aliphatic rings. The predicted octanol–water partition coefficient (Wildman–Crippen LogP) is 2.93. The second kappa shape index (κ2) is 7.13. The van der Waals surface area contributed by atoms with Crippen LogP contribution in [0.3, 0.4) is 0 Å². The summed E-state index contributed by atoms with van der Waals surface area (Å²) in [6.45, 7) is 12.1. The lowest BCUT2D eigenvalue weighted by atomic mass is 10.0. The van der Waals surface area contributed by atoms with Gasteiger partial charge < -0.3 is 15.4 Å². The Kier molecular flexibility index (Phi) is 6.11. The van der Waals surface area contributed by atoms with Gasteiger partial charge in [-0.3, -0.25) is 0 Å². The van der Waals surface area contributed by atoms with Gasteiger partial charge in [-0.15, -0.1) is 0 Å². The molecule has 0 aromatic carbocycles. The fraction of sp³-hybridized carbons (Fsp3) is 0.933. The first kappa shape index (κ1) is 16.3. The van der Waals surface area contributed by atoms with Crippen LogP contribution >= 0.6 is 0 Å². The van der Waals surface area contributed by atoms with Crippen molar-refractivity contribution in [3.05, 3.63) is 0 Å². The van der Waals surface area contributed by atoms with Gasteiger partial charge in [0, 0.05) is 6.04 Å². The molecule has 2 N–H and O–H groups in total. The summed E-state index contributed by atoms with van der Waals surface area (Å²) in [7, 11) is 0. The van der Waals surface area contributed by atoms with Crippen molar-refractivity contribution in [1.82, 2.24) is 10.6 Å². The summed E-state index contributed by atoms with van der Waals surface area (Å²) in [6.07, 6.45) is 3.15. The standard InChI is InChI=1S/C15H30N2O2/c1-11(2)9-16-10-12-7-6-8-13(12)17-14(18)19-15(3,4)5/h11-13,16H,6-10H2,1-5H3,(H,17,18)/t12-,13-/m0/s1. The first-order valence-electron chi connectivity index (χ1n) is 7.48. The molecule has 1 fully saturated rings. The average molecular weight is 270 g/mol. The molecule has 4 nitrogen and oxygen atoms in total. The lowest BCUT2D eigenvalue weighted by Gasteiger charge is -2.25.